The van der Waals surface area contributed by atoms with Crippen LogP contribution < -0.4 is 10.1 Å². The zero-order valence-electron chi connectivity index (χ0n) is 11.0. The van der Waals surface area contributed by atoms with Gasteiger partial charge in [-0.2, -0.15) is 4.98 Å². The molecular weight excluding hydrogens is 214 g/mol. The van der Waals surface area contributed by atoms with Gasteiger partial charge < -0.3 is 10.1 Å². The van der Waals surface area contributed by atoms with Crippen molar-refractivity contribution in [1.82, 2.24) is 9.97 Å². The van der Waals surface area contributed by atoms with Crippen LogP contribution in [0.3, 0.4) is 0 Å². The van der Waals surface area contributed by atoms with Crippen molar-refractivity contribution in [3.8, 4) is 18.2 Å². The fraction of sp³-hybridized carbons (Fsp3) is 0.538. The van der Waals surface area contributed by atoms with Gasteiger partial charge >= 0.3 is 0 Å². The fourth-order valence-electron chi connectivity index (χ4n) is 1.33. The highest BCUT2D eigenvalue weighted by atomic mass is 16.5. The van der Waals surface area contributed by atoms with Crippen LogP contribution in [-0.4, -0.2) is 23.1 Å². The number of hydrogen-bond acceptors (Lipinski definition) is 4. The molecule has 0 saturated carbocycles. The Hall–Kier alpha value is -1.76. The number of hydrogen-bond donors (Lipinski definition) is 1. The van der Waals surface area contributed by atoms with Crippen LogP contribution in [0.4, 0.5) is 5.82 Å². The van der Waals surface area contributed by atoms with Crippen LogP contribution in [0.15, 0.2) is 0 Å². The Bertz CT molecular complexity index is 435. The van der Waals surface area contributed by atoms with Crippen molar-refractivity contribution < 1.29 is 4.74 Å². The lowest BCUT2D eigenvalue weighted by molar-refractivity contribution is 0.264. The van der Waals surface area contributed by atoms with Gasteiger partial charge in [-0.3, -0.25) is 0 Å². The Morgan fingerprint density at radius 3 is 2.41 bits per heavy atom. The molecule has 4 nitrogen and oxygen atoms in total. The molecule has 17 heavy (non-hydrogen) atoms. The first kappa shape index (κ1) is 13.3. The molecule has 1 N–H and O–H groups in total. The van der Waals surface area contributed by atoms with Gasteiger partial charge in [0.2, 0.25) is 5.88 Å². The first-order chi connectivity index (χ1) is 7.99. The fourth-order valence-corrected chi connectivity index (χ4v) is 1.33. The second-order valence-electron chi connectivity index (χ2n) is 4.19. The van der Waals surface area contributed by atoms with Gasteiger partial charge in [0.25, 0.3) is 0 Å². The first-order valence-corrected chi connectivity index (χ1v) is 5.68. The third-order valence-electron chi connectivity index (χ3n) is 2.39. The molecule has 0 radical (unpaired) electrons. The summed E-state index contributed by atoms with van der Waals surface area (Å²) in [7, 11) is 1.83. The van der Waals surface area contributed by atoms with Crippen LogP contribution in [0.5, 0.6) is 5.88 Å². The van der Waals surface area contributed by atoms with Gasteiger partial charge in [0.15, 0.2) is 6.10 Å². The Morgan fingerprint density at radius 1 is 1.29 bits per heavy atom. The van der Waals surface area contributed by atoms with Crippen LogP contribution in [0, 0.1) is 19.3 Å². The van der Waals surface area contributed by atoms with Crippen LogP contribution in [0.1, 0.15) is 38.1 Å². The number of nitrogens with one attached hydrogen (secondary N) is 1. The van der Waals surface area contributed by atoms with Crippen molar-refractivity contribution in [2.75, 3.05) is 12.4 Å². The van der Waals surface area contributed by atoms with E-state index in [9.17, 15) is 0 Å². The minimum absolute atomic E-state index is 0.242. The summed E-state index contributed by atoms with van der Waals surface area (Å²) in [4.78, 5) is 8.83. The lowest BCUT2D eigenvalue weighted by Gasteiger charge is -2.15. The van der Waals surface area contributed by atoms with Crippen LogP contribution in [0.2, 0.25) is 0 Å². The number of aromatic nitrogens is 2. The minimum Gasteiger partial charge on any atom is -0.461 e. The van der Waals surface area contributed by atoms with Gasteiger partial charge in [0, 0.05) is 13.0 Å². The van der Waals surface area contributed by atoms with E-state index in [4.69, 9.17) is 11.2 Å². The second-order valence-corrected chi connectivity index (χ2v) is 4.19. The highest BCUT2D eigenvalue weighted by Gasteiger charge is 2.14. The highest BCUT2D eigenvalue weighted by Crippen LogP contribution is 2.25. The average molecular weight is 233 g/mol. The second kappa shape index (κ2) is 5.53. The van der Waals surface area contributed by atoms with E-state index in [2.05, 4.69) is 21.2 Å². The number of anilines is 1. The Balaban J connectivity index is 3.19. The van der Waals surface area contributed by atoms with E-state index < -0.39 is 0 Å². The van der Waals surface area contributed by atoms with E-state index in [0.29, 0.717) is 5.88 Å². The SMILES string of the molecule is C#CC(C)Oc1nc(C(C)C)nc(NC)c1C. The largest absolute Gasteiger partial charge is 0.461 e. The van der Waals surface area contributed by atoms with Gasteiger partial charge in [-0.25, -0.2) is 4.98 Å². The van der Waals surface area contributed by atoms with E-state index in [0.717, 1.165) is 17.2 Å². The molecule has 0 aliphatic rings. The van der Waals surface area contributed by atoms with Crippen LogP contribution in [-0.2, 0) is 0 Å². The third-order valence-corrected chi connectivity index (χ3v) is 2.39. The van der Waals surface area contributed by atoms with Gasteiger partial charge in [0.1, 0.15) is 11.6 Å². The zero-order chi connectivity index (χ0) is 13.0. The first-order valence-electron chi connectivity index (χ1n) is 5.68. The van der Waals surface area contributed by atoms with Crippen molar-refractivity contribution >= 4 is 5.82 Å². The summed E-state index contributed by atoms with van der Waals surface area (Å²) in [5.74, 6) is 4.85. The molecule has 1 atom stereocenters. The maximum atomic E-state index is 5.60. The van der Waals surface area contributed by atoms with Gasteiger partial charge in [-0.1, -0.05) is 19.8 Å². The summed E-state index contributed by atoms with van der Waals surface area (Å²) < 4.78 is 5.60. The molecule has 1 aromatic rings. The lowest BCUT2D eigenvalue weighted by atomic mass is 10.2. The smallest absolute Gasteiger partial charge is 0.223 e. The van der Waals surface area contributed by atoms with Gasteiger partial charge in [-0.05, 0) is 13.8 Å². The Labute approximate surface area is 103 Å². The molecule has 92 valence electrons. The third kappa shape index (κ3) is 3.10. The van der Waals surface area contributed by atoms with Crippen LogP contribution in [0.25, 0.3) is 0 Å². The maximum absolute atomic E-state index is 5.60. The quantitative estimate of drug-likeness (QED) is 0.811. The maximum Gasteiger partial charge on any atom is 0.223 e. The molecule has 0 saturated heterocycles. The number of terminal acetylenes is 1. The number of rotatable bonds is 4. The monoisotopic (exact) mass is 233 g/mol. The molecule has 0 fully saturated rings. The average Bonchev–Trinajstić information content (AvgIpc) is 2.31. The minimum atomic E-state index is -0.298. The molecule has 0 spiro atoms. The molecule has 0 amide bonds. The summed E-state index contributed by atoms with van der Waals surface area (Å²) in [6, 6.07) is 0. The molecule has 0 aliphatic carbocycles. The summed E-state index contributed by atoms with van der Waals surface area (Å²) in [6.07, 6.45) is 5.01. The van der Waals surface area contributed by atoms with E-state index in [1.807, 2.05) is 34.7 Å². The topological polar surface area (TPSA) is 47.0 Å². The van der Waals surface area contributed by atoms with E-state index in [1.165, 1.54) is 0 Å². The molecule has 1 rings (SSSR count). The number of nitrogens with zero attached hydrogens (tertiary/aromatic N) is 2. The summed E-state index contributed by atoms with van der Waals surface area (Å²) in [6.45, 7) is 7.81. The number of ether oxygens (including phenoxy) is 1. The zero-order valence-corrected chi connectivity index (χ0v) is 11.0. The van der Waals surface area contributed by atoms with Crippen molar-refractivity contribution in [2.45, 2.75) is 39.7 Å². The predicted molar refractivity (Wildman–Crippen MR) is 69.3 cm³/mol. The molecule has 1 unspecified atom stereocenters. The van der Waals surface area contributed by atoms with Crippen molar-refractivity contribution in [3.63, 3.8) is 0 Å². The van der Waals surface area contributed by atoms with Crippen molar-refractivity contribution in [2.24, 2.45) is 0 Å². The summed E-state index contributed by atoms with van der Waals surface area (Å²) in [5.41, 5.74) is 0.874. The van der Waals surface area contributed by atoms with Gasteiger partial charge in [-0.15, -0.1) is 6.42 Å². The summed E-state index contributed by atoms with van der Waals surface area (Å²) >= 11 is 0. The molecule has 1 heterocycles. The van der Waals surface area contributed by atoms with E-state index >= 15 is 0 Å². The standard InChI is InChI=1S/C13H19N3O/c1-7-9(4)17-13-10(5)12(14-6)15-11(16-13)8(2)3/h1,8-9H,2-6H3,(H,14,15,16). The predicted octanol–water partition coefficient (Wildman–Crippen LogP) is 2.35. The van der Waals surface area contributed by atoms with Crippen molar-refractivity contribution in [1.29, 1.82) is 0 Å². The van der Waals surface area contributed by atoms with Crippen molar-refractivity contribution in [3.05, 3.63) is 11.4 Å². The Morgan fingerprint density at radius 2 is 1.94 bits per heavy atom. The molecule has 0 aromatic carbocycles. The molecule has 1 aromatic heterocycles. The van der Waals surface area contributed by atoms with E-state index in [-0.39, 0.29) is 12.0 Å². The van der Waals surface area contributed by atoms with Gasteiger partial charge in [0.05, 0.1) is 5.56 Å². The molecule has 0 aliphatic heterocycles. The lowest BCUT2D eigenvalue weighted by Crippen LogP contribution is -2.13. The Kier molecular flexibility index (Phi) is 4.33. The summed E-state index contributed by atoms with van der Waals surface area (Å²) in [5, 5.41) is 3.04. The molecular formula is C13H19N3O. The molecule has 0 bridgehead atoms. The highest BCUT2D eigenvalue weighted by molar-refractivity contribution is 5.48. The van der Waals surface area contributed by atoms with E-state index in [1.54, 1.807) is 0 Å². The van der Waals surface area contributed by atoms with Crippen LogP contribution >= 0.6 is 0 Å². The molecule has 4 heteroatoms. The normalized spacial score (nSPS) is 12.1.